The summed E-state index contributed by atoms with van der Waals surface area (Å²) in [7, 11) is 0. The number of hydrogen-bond donors (Lipinski definition) is 0. The average Bonchev–Trinajstić information content (AvgIpc) is 3.14. The van der Waals surface area contributed by atoms with E-state index in [1.165, 1.54) is 0 Å². The van der Waals surface area contributed by atoms with E-state index in [2.05, 4.69) is 9.55 Å². The number of imidazole rings is 1. The van der Waals surface area contributed by atoms with Gasteiger partial charge in [-0.15, -0.1) is 0 Å². The summed E-state index contributed by atoms with van der Waals surface area (Å²) in [5.74, 6) is 0.272. The van der Waals surface area contributed by atoms with Crippen molar-refractivity contribution in [2.75, 3.05) is 13.1 Å². The molecule has 6 nitrogen and oxygen atoms in total. The molecule has 1 saturated heterocycles. The summed E-state index contributed by atoms with van der Waals surface area (Å²) in [6.07, 6.45) is 4.32. The minimum absolute atomic E-state index is 0.0703. The van der Waals surface area contributed by atoms with Crippen LogP contribution in [-0.2, 0) is 24.4 Å². The van der Waals surface area contributed by atoms with Crippen molar-refractivity contribution in [1.82, 2.24) is 19.4 Å². The standard InChI is InChI=1S/C20H24N4O2/c1-15-6-2-3-7-16(15)20(26)23-10-5-11-24-14-21-17(18(24)13-23)12-22-9-4-8-19(22)25/h2-3,6-7,14H,4-5,8-13H2,1H3. The normalized spacial score (nSPS) is 17.3. The Bertz CT molecular complexity index is 842. The van der Waals surface area contributed by atoms with Crippen LogP contribution in [0.3, 0.4) is 0 Å². The largest absolute Gasteiger partial charge is 0.337 e. The number of hydrogen-bond acceptors (Lipinski definition) is 3. The van der Waals surface area contributed by atoms with Gasteiger partial charge in [-0.05, 0) is 31.4 Å². The Labute approximate surface area is 153 Å². The molecule has 0 unspecified atom stereocenters. The number of aryl methyl sites for hydroxylation is 2. The Hall–Kier alpha value is -2.63. The molecule has 1 aromatic heterocycles. The van der Waals surface area contributed by atoms with Crippen LogP contribution in [0.15, 0.2) is 30.6 Å². The van der Waals surface area contributed by atoms with Crippen molar-refractivity contribution in [1.29, 1.82) is 0 Å². The van der Waals surface area contributed by atoms with Gasteiger partial charge in [0.05, 0.1) is 30.8 Å². The summed E-state index contributed by atoms with van der Waals surface area (Å²) in [6, 6.07) is 7.73. The van der Waals surface area contributed by atoms with Gasteiger partial charge < -0.3 is 14.4 Å². The van der Waals surface area contributed by atoms with Gasteiger partial charge in [0.1, 0.15) is 0 Å². The number of nitrogens with zero attached hydrogens (tertiary/aromatic N) is 4. The Balaban J connectivity index is 1.58. The fourth-order valence-electron chi connectivity index (χ4n) is 3.86. The van der Waals surface area contributed by atoms with Crippen molar-refractivity contribution in [3.05, 3.63) is 53.1 Å². The number of likely N-dealkylation sites (tertiary alicyclic amines) is 1. The second kappa shape index (κ2) is 6.94. The number of aromatic nitrogens is 2. The molecule has 136 valence electrons. The third-order valence-corrected chi connectivity index (χ3v) is 5.38. The van der Waals surface area contributed by atoms with Crippen LogP contribution in [-0.4, -0.2) is 44.3 Å². The van der Waals surface area contributed by atoms with Crippen molar-refractivity contribution < 1.29 is 9.59 Å². The van der Waals surface area contributed by atoms with Crippen LogP contribution in [0.2, 0.25) is 0 Å². The molecule has 3 heterocycles. The van der Waals surface area contributed by atoms with Crippen LogP contribution >= 0.6 is 0 Å². The zero-order chi connectivity index (χ0) is 18.1. The van der Waals surface area contributed by atoms with Crippen molar-refractivity contribution >= 4 is 11.8 Å². The van der Waals surface area contributed by atoms with Crippen LogP contribution < -0.4 is 0 Å². The molecule has 0 N–H and O–H groups in total. The number of carbonyl (C=O) groups is 2. The molecule has 26 heavy (non-hydrogen) atoms. The topological polar surface area (TPSA) is 58.4 Å². The number of carbonyl (C=O) groups excluding carboxylic acids is 2. The van der Waals surface area contributed by atoms with Gasteiger partial charge >= 0.3 is 0 Å². The van der Waals surface area contributed by atoms with E-state index >= 15 is 0 Å². The average molecular weight is 352 g/mol. The van der Waals surface area contributed by atoms with E-state index in [0.717, 1.165) is 55.0 Å². The van der Waals surface area contributed by atoms with Gasteiger partial charge in [-0.2, -0.15) is 0 Å². The number of rotatable bonds is 3. The Kier molecular flexibility index (Phi) is 4.49. The molecule has 2 aliphatic heterocycles. The van der Waals surface area contributed by atoms with E-state index in [-0.39, 0.29) is 11.8 Å². The fraction of sp³-hybridized carbons (Fsp3) is 0.450. The first kappa shape index (κ1) is 16.8. The minimum Gasteiger partial charge on any atom is -0.337 e. The summed E-state index contributed by atoms with van der Waals surface area (Å²) < 4.78 is 2.14. The van der Waals surface area contributed by atoms with E-state index in [1.54, 1.807) is 0 Å². The lowest BCUT2D eigenvalue weighted by Gasteiger charge is -2.22. The van der Waals surface area contributed by atoms with Crippen LogP contribution in [0.4, 0.5) is 0 Å². The summed E-state index contributed by atoms with van der Waals surface area (Å²) in [5.41, 5.74) is 3.74. The molecule has 1 aromatic carbocycles. The maximum absolute atomic E-state index is 13.0. The molecule has 2 aliphatic rings. The summed E-state index contributed by atoms with van der Waals surface area (Å²) >= 11 is 0. The van der Waals surface area contributed by atoms with Crippen LogP contribution in [0.25, 0.3) is 0 Å². The molecule has 0 atom stereocenters. The van der Waals surface area contributed by atoms with E-state index in [4.69, 9.17) is 0 Å². The lowest BCUT2D eigenvalue weighted by atomic mass is 10.1. The van der Waals surface area contributed by atoms with Crippen molar-refractivity contribution in [2.45, 2.75) is 45.8 Å². The Morgan fingerprint density at radius 2 is 2.00 bits per heavy atom. The molecule has 0 radical (unpaired) electrons. The SMILES string of the molecule is Cc1ccccc1C(=O)N1CCCn2cnc(CN3CCCC3=O)c2C1. The van der Waals surface area contributed by atoms with E-state index in [9.17, 15) is 9.59 Å². The van der Waals surface area contributed by atoms with Gasteiger partial charge in [-0.1, -0.05) is 18.2 Å². The van der Waals surface area contributed by atoms with Crippen molar-refractivity contribution in [3.8, 4) is 0 Å². The van der Waals surface area contributed by atoms with Crippen LogP contribution in [0, 0.1) is 6.92 Å². The molecule has 0 saturated carbocycles. The second-order valence-corrected chi connectivity index (χ2v) is 7.15. The molecule has 0 spiro atoms. The predicted octanol–water partition coefficient (Wildman–Crippen LogP) is 2.36. The quantitative estimate of drug-likeness (QED) is 0.852. The van der Waals surface area contributed by atoms with Gasteiger partial charge in [0.25, 0.3) is 5.91 Å². The Morgan fingerprint density at radius 1 is 1.15 bits per heavy atom. The molecule has 4 rings (SSSR count). The first-order valence-electron chi connectivity index (χ1n) is 9.29. The maximum Gasteiger partial charge on any atom is 0.254 e. The molecule has 0 aliphatic carbocycles. The molecule has 1 fully saturated rings. The smallest absolute Gasteiger partial charge is 0.254 e. The lowest BCUT2D eigenvalue weighted by Crippen LogP contribution is -2.32. The number of benzene rings is 1. The number of amides is 2. The first-order valence-corrected chi connectivity index (χ1v) is 9.29. The maximum atomic E-state index is 13.0. The fourth-order valence-corrected chi connectivity index (χ4v) is 3.86. The van der Waals surface area contributed by atoms with Gasteiger partial charge in [0.2, 0.25) is 5.91 Å². The highest BCUT2D eigenvalue weighted by molar-refractivity contribution is 5.95. The summed E-state index contributed by atoms with van der Waals surface area (Å²) in [6.45, 7) is 5.46. The highest BCUT2D eigenvalue weighted by Crippen LogP contribution is 2.22. The van der Waals surface area contributed by atoms with Gasteiger partial charge in [0.15, 0.2) is 0 Å². The second-order valence-electron chi connectivity index (χ2n) is 7.15. The van der Waals surface area contributed by atoms with E-state index in [1.807, 2.05) is 47.3 Å². The van der Waals surface area contributed by atoms with Gasteiger partial charge in [-0.25, -0.2) is 4.98 Å². The van der Waals surface area contributed by atoms with Gasteiger partial charge in [-0.3, -0.25) is 9.59 Å². The highest BCUT2D eigenvalue weighted by atomic mass is 16.2. The third-order valence-electron chi connectivity index (χ3n) is 5.38. The zero-order valence-electron chi connectivity index (χ0n) is 15.1. The molecule has 2 aromatic rings. The van der Waals surface area contributed by atoms with Crippen molar-refractivity contribution in [2.24, 2.45) is 0 Å². The summed E-state index contributed by atoms with van der Waals surface area (Å²) in [5, 5.41) is 0. The number of fused-ring (bicyclic) bond motifs is 1. The summed E-state index contributed by atoms with van der Waals surface area (Å²) in [4.78, 5) is 33.3. The molecule has 0 bridgehead atoms. The molecular weight excluding hydrogens is 328 g/mol. The highest BCUT2D eigenvalue weighted by Gasteiger charge is 2.27. The molecular formula is C20H24N4O2. The molecule has 6 heteroatoms. The lowest BCUT2D eigenvalue weighted by molar-refractivity contribution is -0.128. The third kappa shape index (κ3) is 3.11. The minimum atomic E-state index is 0.0703. The first-order chi connectivity index (χ1) is 12.6. The molecule has 2 amide bonds. The monoisotopic (exact) mass is 352 g/mol. The van der Waals surface area contributed by atoms with E-state index < -0.39 is 0 Å². The van der Waals surface area contributed by atoms with Crippen LogP contribution in [0.5, 0.6) is 0 Å². The Morgan fingerprint density at radius 3 is 2.77 bits per heavy atom. The van der Waals surface area contributed by atoms with Crippen LogP contribution in [0.1, 0.15) is 46.6 Å². The van der Waals surface area contributed by atoms with Gasteiger partial charge in [0, 0.05) is 31.6 Å². The zero-order valence-corrected chi connectivity index (χ0v) is 15.1. The van der Waals surface area contributed by atoms with Crippen molar-refractivity contribution in [3.63, 3.8) is 0 Å². The predicted molar refractivity (Wildman–Crippen MR) is 97.4 cm³/mol. The van der Waals surface area contributed by atoms with E-state index in [0.29, 0.717) is 19.5 Å².